The van der Waals surface area contributed by atoms with Crippen LogP contribution in [-0.2, 0) is 4.74 Å². The molecule has 0 aromatic heterocycles. The fourth-order valence-electron chi connectivity index (χ4n) is 4.08. The molecule has 0 aliphatic heterocycles. The predicted octanol–water partition coefficient (Wildman–Crippen LogP) is 2.65. The Hall–Kier alpha value is -1.55. The van der Waals surface area contributed by atoms with Crippen molar-refractivity contribution in [2.45, 2.75) is 38.9 Å². The molecule has 0 unspecified atom stereocenters. The second kappa shape index (κ2) is 5.02. The predicted molar refractivity (Wildman–Crippen MR) is 78.2 cm³/mol. The summed E-state index contributed by atoms with van der Waals surface area (Å²) in [5.74, 6) is 0.936. The molecule has 1 N–H and O–H groups in total. The Morgan fingerprint density at radius 3 is 2.43 bits per heavy atom. The van der Waals surface area contributed by atoms with Crippen molar-refractivity contribution in [2.24, 2.45) is 17.3 Å². The molecule has 21 heavy (non-hydrogen) atoms. The highest BCUT2D eigenvalue weighted by atomic mass is 16.5. The second-order valence-corrected chi connectivity index (χ2v) is 6.78. The first-order valence-electron chi connectivity index (χ1n) is 7.46. The Morgan fingerprint density at radius 1 is 1.24 bits per heavy atom. The topological polar surface area (TPSA) is 55.8 Å². The number of hydrogen-bond donors (Lipinski definition) is 1. The number of methoxy groups -OCH3 is 1. The van der Waals surface area contributed by atoms with Crippen molar-refractivity contribution in [3.05, 3.63) is 29.8 Å². The highest BCUT2D eigenvalue weighted by Gasteiger charge is 2.58. The first-order chi connectivity index (χ1) is 9.93. The van der Waals surface area contributed by atoms with E-state index < -0.39 is 0 Å². The molecule has 2 aliphatic rings. The third kappa shape index (κ3) is 2.31. The van der Waals surface area contributed by atoms with Gasteiger partial charge in [0.2, 0.25) is 0 Å². The van der Waals surface area contributed by atoms with E-state index in [1.807, 2.05) is 0 Å². The molecule has 1 aromatic rings. The first-order valence-corrected chi connectivity index (χ1v) is 7.46. The maximum absolute atomic E-state index is 12.3. The van der Waals surface area contributed by atoms with Crippen LogP contribution in [0.2, 0.25) is 0 Å². The zero-order valence-corrected chi connectivity index (χ0v) is 12.7. The molecule has 3 rings (SSSR count). The minimum atomic E-state index is -0.294. The second-order valence-electron chi connectivity index (χ2n) is 6.78. The summed E-state index contributed by atoms with van der Waals surface area (Å²) in [6.45, 7) is 4.18. The number of aliphatic hydroxyl groups excluding tert-OH is 1. The van der Waals surface area contributed by atoms with Crippen LogP contribution >= 0.6 is 0 Å². The van der Waals surface area contributed by atoms with Crippen molar-refractivity contribution >= 4 is 5.97 Å². The Morgan fingerprint density at radius 2 is 1.90 bits per heavy atom. The minimum absolute atomic E-state index is 0.111. The van der Waals surface area contributed by atoms with Gasteiger partial charge in [0.25, 0.3) is 0 Å². The van der Waals surface area contributed by atoms with E-state index in [0.717, 1.165) is 18.6 Å². The molecule has 2 saturated carbocycles. The lowest BCUT2D eigenvalue weighted by Crippen LogP contribution is -2.44. The number of rotatable bonds is 3. The van der Waals surface area contributed by atoms with E-state index in [4.69, 9.17) is 9.47 Å². The van der Waals surface area contributed by atoms with Crippen LogP contribution in [0.3, 0.4) is 0 Å². The van der Waals surface area contributed by atoms with E-state index >= 15 is 0 Å². The van der Waals surface area contributed by atoms with Gasteiger partial charge in [-0.3, -0.25) is 0 Å². The number of benzene rings is 1. The van der Waals surface area contributed by atoms with Crippen molar-refractivity contribution in [1.82, 2.24) is 0 Å². The third-order valence-corrected chi connectivity index (χ3v) is 5.24. The van der Waals surface area contributed by atoms with Gasteiger partial charge < -0.3 is 14.6 Å². The molecule has 0 heterocycles. The van der Waals surface area contributed by atoms with E-state index in [1.165, 1.54) is 0 Å². The molecule has 0 spiro atoms. The fraction of sp³-hybridized carbons (Fsp3) is 0.588. The van der Waals surface area contributed by atoms with Crippen LogP contribution in [0.25, 0.3) is 0 Å². The summed E-state index contributed by atoms with van der Waals surface area (Å²) >= 11 is 0. The van der Waals surface area contributed by atoms with Gasteiger partial charge in [0.15, 0.2) is 0 Å². The van der Waals surface area contributed by atoms with E-state index in [2.05, 4.69) is 13.8 Å². The molecule has 2 bridgehead atoms. The Kier molecular flexibility index (Phi) is 3.44. The lowest BCUT2D eigenvalue weighted by Gasteiger charge is -2.39. The molecule has 0 radical (unpaired) electrons. The molecule has 4 heteroatoms. The average molecular weight is 290 g/mol. The van der Waals surface area contributed by atoms with Gasteiger partial charge in [-0.2, -0.15) is 0 Å². The molecule has 2 fully saturated rings. The number of carbonyl (C=O) groups is 1. The molecule has 4 nitrogen and oxygen atoms in total. The van der Waals surface area contributed by atoms with Crippen LogP contribution in [0.5, 0.6) is 5.75 Å². The highest BCUT2D eigenvalue weighted by molar-refractivity contribution is 5.89. The summed E-state index contributed by atoms with van der Waals surface area (Å²) in [7, 11) is 1.59. The van der Waals surface area contributed by atoms with Gasteiger partial charge in [-0.1, -0.05) is 13.8 Å². The standard InChI is InChI=1S/C17H22O4/c1-17(2)13-8-11(9-14(13)18)15(17)21-16(19)10-4-6-12(20-3)7-5-10/h4-7,11,13-15,18H,8-9H2,1-3H3/t11-,13+,14+,15+/m1/s1. The summed E-state index contributed by atoms with van der Waals surface area (Å²) in [4.78, 5) is 12.3. The summed E-state index contributed by atoms with van der Waals surface area (Å²) in [6, 6.07) is 6.95. The Balaban J connectivity index is 1.73. The summed E-state index contributed by atoms with van der Waals surface area (Å²) < 4.78 is 10.9. The Labute approximate surface area is 125 Å². The van der Waals surface area contributed by atoms with Gasteiger partial charge >= 0.3 is 5.97 Å². The molecule has 0 amide bonds. The smallest absolute Gasteiger partial charge is 0.338 e. The summed E-state index contributed by atoms with van der Waals surface area (Å²) in [5, 5.41) is 10.0. The van der Waals surface area contributed by atoms with E-state index in [9.17, 15) is 9.90 Å². The van der Waals surface area contributed by atoms with Gasteiger partial charge in [0.1, 0.15) is 11.9 Å². The summed E-state index contributed by atoms with van der Waals surface area (Å²) in [6.07, 6.45) is 1.34. The van der Waals surface area contributed by atoms with E-state index in [-0.39, 0.29) is 35.4 Å². The largest absolute Gasteiger partial charge is 0.497 e. The fourth-order valence-corrected chi connectivity index (χ4v) is 4.08. The van der Waals surface area contributed by atoms with Gasteiger partial charge in [-0.15, -0.1) is 0 Å². The highest BCUT2D eigenvalue weighted by Crippen LogP contribution is 2.56. The van der Waals surface area contributed by atoms with Gasteiger partial charge in [-0.05, 0) is 48.9 Å². The van der Waals surface area contributed by atoms with Crippen molar-refractivity contribution < 1.29 is 19.4 Å². The van der Waals surface area contributed by atoms with Crippen LogP contribution in [-0.4, -0.2) is 30.4 Å². The van der Waals surface area contributed by atoms with E-state index in [0.29, 0.717) is 5.56 Å². The van der Waals surface area contributed by atoms with Crippen LogP contribution in [0.4, 0.5) is 0 Å². The van der Waals surface area contributed by atoms with Crippen LogP contribution < -0.4 is 4.74 Å². The van der Waals surface area contributed by atoms with Gasteiger partial charge in [0, 0.05) is 5.41 Å². The Bertz CT molecular complexity index is 534. The van der Waals surface area contributed by atoms with Crippen LogP contribution in [0.1, 0.15) is 37.0 Å². The van der Waals surface area contributed by atoms with Crippen molar-refractivity contribution in [3.63, 3.8) is 0 Å². The third-order valence-electron chi connectivity index (χ3n) is 5.24. The normalized spacial score (nSPS) is 33.0. The van der Waals surface area contributed by atoms with Crippen molar-refractivity contribution in [1.29, 1.82) is 0 Å². The van der Waals surface area contributed by atoms with Crippen molar-refractivity contribution in [2.75, 3.05) is 7.11 Å². The maximum Gasteiger partial charge on any atom is 0.338 e. The van der Waals surface area contributed by atoms with Gasteiger partial charge in [0.05, 0.1) is 18.8 Å². The van der Waals surface area contributed by atoms with Crippen LogP contribution in [0.15, 0.2) is 24.3 Å². The monoisotopic (exact) mass is 290 g/mol. The van der Waals surface area contributed by atoms with E-state index in [1.54, 1.807) is 31.4 Å². The first kappa shape index (κ1) is 14.4. The van der Waals surface area contributed by atoms with Crippen LogP contribution in [0, 0.1) is 17.3 Å². The molecule has 4 atom stereocenters. The molecule has 0 saturated heterocycles. The molecule has 1 aromatic carbocycles. The molecule has 114 valence electrons. The molecular formula is C17H22O4. The summed E-state index contributed by atoms with van der Waals surface area (Å²) in [5.41, 5.74) is 0.375. The molecule has 2 aliphatic carbocycles. The molecular weight excluding hydrogens is 268 g/mol. The number of carbonyl (C=O) groups excluding carboxylic acids is 1. The minimum Gasteiger partial charge on any atom is -0.497 e. The number of ether oxygens (including phenoxy) is 2. The van der Waals surface area contributed by atoms with Crippen molar-refractivity contribution in [3.8, 4) is 5.75 Å². The zero-order valence-electron chi connectivity index (χ0n) is 12.7. The lowest BCUT2D eigenvalue weighted by atomic mass is 9.73. The number of hydrogen-bond acceptors (Lipinski definition) is 4. The number of aliphatic hydroxyl groups is 1. The SMILES string of the molecule is COc1ccc(C(=O)O[C@H]2[C@H]3C[C@H](O)[C@H](C3)C2(C)C)cc1. The van der Waals surface area contributed by atoms with Gasteiger partial charge in [-0.25, -0.2) is 4.79 Å². The number of esters is 1. The quantitative estimate of drug-likeness (QED) is 0.870. The number of fused-ring (bicyclic) bond motifs is 2. The average Bonchev–Trinajstić information content (AvgIpc) is 2.95. The zero-order chi connectivity index (χ0) is 15.2. The lowest BCUT2D eigenvalue weighted by molar-refractivity contribution is -0.0653. The maximum atomic E-state index is 12.3.